The summed E-state index contributed by atoms with van der Waals surface area (Å²) in [7, 11) is 0. The molecule has 6 aromatic rings. The number of phenols is 2. The highest BCUT2D eigenvalue weighted by Gasteiger charge is 2.46. The molecule has 0 fully saturated rings. The molecule has 1 aliphatic carbocycles. The van der Waals surface area contributed by atoms with E-state index in [0.717, 1.165) is 29.0 Å². The predicted octanol–water partition coefficient (Wildman–Crippen LogP) is 8.72. The highest BCUT2D eigenvalue weighted by molar-refractivity contribution is 5.93. The number of fused-ring (bicyclic) bond motifs is 5. The maximum Gasteiger partial charge on any atom is 0.116 e. The zero-order chi connectivity index (χ0) is 25.9. The average molecular weight is 493 g/mol. The molecule has 0 amide bonds. The van der Waals surface area contributed by atoms with Crippen LogP contribution in [0.5, 0.6) is 11.5 Å². The first-order chi connectivity index (χ1) is 18.6. The molecule has 38 heavy (non-hydrogen) atoms. The number of aromatic hydroxyl groups is 2. The molecule has 0 unspecified atom stereocenters. The van der Waals surface area contributed by atoms with Crippen molar-refractivity contribution in [1.29, 1.82) is 0 Å². The van der Waals surface area contributed by atoms with Crippen molar-refractivity contribution in [2.24, 2.45) is 0 Å². The van der Waals surface area contributed by atoms with Crippen LogP contribution in [-0.4, -0.2) is 10.2 Å². The van der Waals surface area contributed by atoms with E-state index in [0.29, 0.717) is 5.75 Å². The van der Waals surface area contributed by atoms with Crippen molar-refractivity contribution >= 4 is 21.5 Å². The molecule has 0 spiro atoms. The lowest BCUT2D eigenvalue weighted by Crippen LogP contribution is -2.28. The molecular weight excluding hydrogens is 464 g/mol. The van der Waals surface area contributed by atoms with Crippen LogP contribution in [-0.2, 0) is 11.8 Å². The van der Waals surface area contributed by atoms with Gasteiger partial charge >= 0.3 is 0 Å². The molecule has 6 aromatic carbocycles. The zero-order valence-corrected chi connectivity index (χ0v) is 21.3. The largest absolute Gasteiger partial charge is 0.508 e. The Morgan fingerprint density at radius 1 is 0.553 bits per heavy atom. The Morgan fingerprint density at radius 3 is 1.84 bits per heavy atom. The first kappa shape index (κ1) is 22.6. The highest BCUT2D eigenvalue weighted by atomic mass is 16.3. The van der Waals surface area contributed by atoms with Gasteiger partial charge in [-0.1, -0.05) is 92.2 Å². The van der Waals surface area contributed by atoms with Gasteiger partial charge in [0.25, 0.3) is 0 Å². The Hall–Kier alpha value is -4.56. The van der Waals surface area contributed by atoms with E-state index < -0.39 is 5.41 Å². The summed E-state index contributed by atoms with van der Waals surface area (Å²) in [6.07, 6.45) is 1.92. The van der Waals surface area contributed by atoms with Crippen LogP contribution in [0.1, 0.15) is 41.2 Å². The predicted molar refractivity (Wildman–Crippen MR) is 156 cm³/mol. The second kappa shape index (κ2) is 8.49. The van der Waals surface area contributed by atoms with E-state index in [4.69, 9.17) is 0 Å². The molecule has 1 aliphatic rings. The van der Waals surface area contributed by atoms with E-state index in [2.05, 4.69) is 91.9 Å². The molecule has 0 aliphatic heterocycles. The minimum atomic E-state index is -0.505. The lowest BCUT2D eigenvalue weighted by molar-refractivity contribution is 0.475. The Balaban J connectivity index is 1.61. The molecule has 0 saturated heterocycles. The van der Waals surface area contributed by atoms with Crippen molar-refractivity contribution in [3.63, 3.8) is 0 Å². The van der Waals surface area contributed by atoms with Gasteiger partial charge in [0.05, 0.1) is 5.41 Å². The molecule has 0 bridgehead atoms. The van der Waals surface area contributed by atoms with E-state index in [1.54, 1.807) is 6.07 Å². The minimum Gasteiger partial charge on any atom is -0.508 e. The molecule has 0 aromatic heterocycles. The van der Waals surface area contributed by atoms with E-state index in [9.17, 15) is 10.2 Å². The van der Waals surface area contributed by atoms with Crippen molar-refractivity contribution in [3.8, 4) is 22.6 Å². The number of hydrogen-bond acceptors (Lipinski definition) is 2. The van der Waals surface area contributed by atoms with Crippen LogP contribution < -0.4 is 0 Å². The van der Waals surface area contributed by atoms with Gasteiger partial charge in [-0.3, -0.25) is 0 Å². The quantitative estimate of drug-likeness (QED) is 0.258. The summed E-state index contributed by atoms with van der Waals surface area (Å²) in [6, 6.07) is 40.2. The molecule has 0 saturated carbocycles. The normalized spacial score (nSPS) is 13.5. The van der Waals surface area contributed by atoms with E-state index in [-0.39, 0.29) is 5.75 Å². The first-order valence-corrected chi connectivity index (χ1v) is 13.3. The SMILES string of the molecule is CCCc1cc(O)cc2ccc(C3(c4ccc5cc(O)ccc5c4)c4ccccc4-c4ccccc43)cc12. The molecule has 2 nitrogen and oxygen atoms in total. The summed E-state index contributed by atoms with van der Waals surface area (Å²) in [5, 5.41) is 24.8. The van der Waals surface area contributed by atoms with Crippen molar-refractivity contribution in [1.82, 2.24) is 0 Å². The maximum absolute atomic E-state index is 10.4. The van der Waals surface area contributed by atoms with Crippen LogP contribution in [0.25, 0.3) is 32.7 Å². The Labute approximate surface area is 222 Å². The molecule has 0 atom stereocenters. The molecule has 184 valence electrons. The van der Waals surface area contributed by atoms with Gasteiger partial charge in [0.1, 0.15) is 11.5 Å². The lowest BCUT2D eigenvalue weighted by atomic mass is 9.67. The summed E-state index contributed by atoms with van der Waals surface area (Å²) in [5.41, 5.74) is 8.14. The van der Waals surface area contributed by atoms with Crippen molar-refractivity contribution in [3.05, 3.63) is 143 Å². The molecule has 0 heterocycles. The second-order valence-electron chi connectivity index (χ2n) is 10.4. The van der Waals surface area contributed by atoms with Gasteiger partial charge in [0.2, 0.25) is 0 Å². The Kier molecular flexibility index (Phi) is 5.06. The molecule has 0 radical (unpaired) electrons. The topological polar surface area (TPSA) is 40.5 Å². The number of aryl methyl sites for hydroxylation is 1. The molecular formula is C36H28O2. The third-order valence-corrected chi connectivity index (χ3v) is 8.19. The fraction of sp³-hybridized carbons (Fsp3) is 0.111. The van der Waals surface area contributed by atoms with Crippen LogP contribution >= 0.6 is 0 Å². The smallest absolute Gasteiger partial charge is 0.116 e. The summed E-state index contributed by atoms with van der Waals surface area (Å²) < 4.78 is 0. The minimum absolute atomic E-state index is 0.276. The summed E-state index contributed by atoms with van der Waals surface area (Å²) >= 11 is 0. The zero-order valence-electron chi connectivity index (χ0n) is 21.3. The highest BCUT2D eigenvalue weighted by Crippen LogP contribution is 2.56. The fourth-order valence-electron chi connectivity index (χ4n) is 6.62. The summed E-state index contributed by atoms with van der Waals surface area (Å²) in [4.78, 5) is 0. The number of rotatable bonds is 4. The van der Waals surface area contributed by atoms with Gasteiger partial charge in [-0.05, 0) is 103 Å². The van der Waals surface area contributed by atoms with Crippen LogP contribution in [0, 0.1) is 0 Å². The van der Waals surface area contributed by atoms with Crippen molar-refractivity contribution < 1.29 is 10.2 Å². The Morgan fingerprint density at radius 2 is 1.13 bits per heavy atom. The molecule has 2 heteroatoms. The number of phenolic OH excluding ortho intramolecular Hbond substituents is 2. The van der Waals surface area contributed by atoms with E-state index in [1.807, 2.05) is 24.3 Å². The van der Waals surface area contributed by atoms with Crippen molar-refractivity contribution in [2.75, 3.05) is 0 Å². The first-order valence-electron chi connectivity index (χ1n) is 13.3. The third-order valence-electron chi connectivity index (χ3n) is 8.19. The van der Waals surface area contributed by atoms with Gasteiger partial charge in [-0.2, -0.15) is 0 Å². The molecule has 7 rings (SSSR count). The van der Waals surface area contributed by atoms with E-state index >= 15 is 0 Å². The average Bonchev–Trinajstić information content (AvgIpc) is 3.24. The standard InChI is InChI=1S/C36H28O2/c1-2-7-25-20-30(38)21-26-13-16-28(22-33(25)26)36(27-15-12-24-19-29(37)17-14-23(24)18-27)34-10-5-3-8-31(34)32-9-4-6-11-35(32)36/h3-6,8-22,37-38H,2,7H2,1H3. The maximum atomic E-state index is 10.4. The van der Waals surface area contributed by atoms with Gasteiger partial charge in [-0.25, -0.2) is 0 Å². The van der Waals surface area contributed by atoms with Gasteiger partial charge in [0.15, 0.2) is 0 Å². The third kappa shape index (κ3) is 3.20. The van der Waals surface area contributed by atoms with Crippen LogP contribution in [0.3, 0.4) is 0 Å². The van der Waals surface area contributed by atoms with Gasteiger partial charge < -0.3 is 10.2 Å². The summed E-state index contributed by atoms with van der Waals surface area (Å²) in [6.45, 7) is 2.18. The summed E-state index contributed by atoms with van der Waals surface area (Å²) in [5.74, 6) is 0.593. The fourth-order valence-corrected chi connectivity index (χ4v) is 6.62. The van der Waals surface area contributed by atoms with Crippen LogP contribution in [0.2, 0.25) is 0 Å². The van der Waals surface area contributed by atoms with Gasteiger partial charge in [-0.15, -0.1) is 0 Å². The van der Waals surface area contributed by atoms with Crippen LogP contribution in [0.4, 0.5) is 0 Å². The van der Waals surface area contributed by atoms with Crippen molar-refractivity contribution in [2.45, 2.75) is 25.2 Å². The number of hydrogen-bond donors (Lipinski definition) is 2. The van der Waals surface area contributed by atoms with E-state index in [1.165, 1.54) is 44.3 Å². The lowest BCUT2D eigenvalue weighted by Gasteiger charge is -2.34. The molecule has 2 N–H and O–H groups in total. The monoisotopic (exact) mass is 492 g/mol. The Bertz CT molecular complexity index is 1820. The van der Waals surface area contributed by atoms with Gasteiger partial charge in [0, 0.05) is 0 Å². The number of benzene rings is 6. The van der Waals surface area contributed by atoms with Crippen LogP contribution in [0.15, 0.2) is 115 Å². The second-order valence-corrected chi connectivity index (χ2v) is 10.4.